The van der Waals surface area contributed by atoms with E-state index in [1.54, 1.807) is 10.9 Å². The maximum absolute atomic E-state index is 5.49. The highest BCUT2D eigenvalue weighted by atomic mass is 15.3. The Bertz CT molecular complexity index is 720. The Kier molecular flexibility index (Phi) is 3.14. The third kappa shape index (κ3) is 2.24. The van der Waals surface area contributed by atoms with Gasteiger partial charge in [0.25, 0.3) is 0 Å². The van der Waals surface area contributed by atoms with Gasteiger partial charge in [-0.25, -0.2) is 15.8 Å². The number of aromatic nitrogens is 4. The summed E-state index contributed by atoms with van der Waals surface area (Å²) in [4.78, 5) is 8.96. The van der Waals surface area contributed by atoms with Crippen molar-refractivity contribution in [2.75, 3.05) is 5.43 Å². The molecule has 0 unspecified atom stereocenters. The highest BCUT2D eigenvalue weighted by Gasteiger charge is 2.10. The molecule has 0 saturated carbocycles. The number of rotatable bonds is 3. The Balaban J connectivity index is 2.15. The fraction of sp³-hybridized carbons (Fsp3) is 0.0714. The van der Waals surface area contributed by atoms with E-state index in [0.717, 1.165) is 17.0 Å². The van der Waals surface area contributed by atoms with Crippen LogP contribution in [-0.2, 0) is 7.05 Å². The molecule has 2 heterocycles. The molecule has 100 valence electrons. The van der Waals surface area contributed by atoms with Gasteiger partial charge in [0.05, 0.1) is 5.69 Å². The van der Waals surface area contributed by atoms with Crippen molar-refractivity contribution in [1.82, 2.24) is 19.7 Å². The monoisotopic (exact) mass is 266 g/mol. The number of hydrogen-bond acceptors (Lipinski definition) is 5. The van der Waals surface area contributed by atoms with Crippen molar-refractivity contribution >= 4 is 5.82 Å². The van der Waals surface area contributed by atoms with E-state index in [-0.39, 0.29) is 0 Å². The second-order valence-electron chi connectivity index (χ2n) is 4.31. The van der Waals surface area contributed by atoms with Gasteiger partial charge in [0.1, 0.15) is 11.5 Å². The van der Waals surface area contributed by atoms with E-state index in [0.29, 0.717) is 11.6 Å². The van der Waals surface area contributed by atoms with E-state index in [4.69, 9.17) is 5.84 Å². The highest BCUT2D eigenvalue weighted by molar-refractivity contribution is 5.66. The summed E-state index contributed by atoms with van der Waals surface area (Å²) in [6.45, 7) is 0. The van der Waals surface area contributed by atoms with Crippen LogP contribution in [0.15, 0.2) is 48.7 Å². The molecule has 0 amide bonds. The number of hydrazine groups is 1. The molecule has 3 N–H and O–H groups in total. The molecule has 0 atom stereocenters. The Hall–Kier alpha value is -2.73. The summed E-state index contributed by atoms with van der Waals surface area (Å²) in [5.41, 5.74) is 5.23. The Morgan fingerprint density at radius 2 is 1.90 bits per heavy atom. The Labute approximate surface area is 116 Å². The summed E-state index contributed by atoms with van der Waals surface area (Å²) >= 11 is 0. The first-order chi connectivity index (χ1) is 9.78. The molecule has 3 rings (SSSR count). The Morgan fingerprint density at radius 3 is 2.55 bits per heavy atom. The van der Waals surface area contributed by atoms with Crippen LogP contribution in [0.3, 0.4) is 0 Å². The number of nitrogens with zero attached hydrogens (tertiary/aromatic N) is 4. The van der Waals surface area contributed by atoms with E-state index in [1.807, 2.05) is 49.5 Å². The number of hydrogen-bond donors (Lipinski definition) is 2. The molecule has 6 heteroatoms. The lowest BCUT2D eigenvalue weighted by Crippen LogP contribution is -2.10. The summed E-state index contributed by atoms with van der Waals surface area (Å²) in [5, 5.41) is 4.14. The van der Waals surface area contributed by atoms with Crippen molar-refractivity contribution < 1.29 is 0 Å². The van der Waals surface area contributed by atoms with Gasteiger partial charge in [-0.05, 0) is 6.07 Å². The van der Waals surface area contributed by atoms with Crippen LogP contribution in [-0.4, -0.2) is 19.7 Å². The molecule has 0 fully saturated rings. The van der Waals surface area contributed by atoms with Gasteiger partial charge in [0.15, 0.2) is 5.82 Å². The van der Waals surface area contributed by atoms with Crippen molar-refractivity contribution in [2.45, 2.75) is 0 Å². The molecule has 0 aliphatic carbocycles. The molecule has 6 nitrogen and oxygen atoms in total. The fourth-order valence-corrected chi connectivity index (χ4v) is 1.99. The quantitative estimate of drug-likeness (QED) is 0.558. The second-order valence-corrected chi connectivity index (χ2v) is 4.31. The van der Waals surface area contributed by atoms with Crippen molar-refractivity contribution in [1.29, 1.82) is 0 Å². The third-order valence-corrected chi connectivity index (χ3v) is 2.99. The minimum Gasteiger partial charge on any atom is -0.308 e. The molecule has 0 aliphatic heterocycles. The Morgan fingerprint density at radius 1 is 1.10 bits per heavy atom. The topological polar surface area (TPSA) is 81.7 Å². The number of anilines is 1. The van der Waals surface area contributed by atoms with Crippen LogP contribution < -0.4 is 11.3 Å². The number of benzene rings is 1. The normalized spacial score (nSPS) is 10.5. The lowest BCUT2D eigenvalue weighted by Gasteiger charge is -2.08. The number of nitrogen functional groups attached to an aromatic ring is 1. The van der Waals surface area contributed by atoms with Crippen LogP contribution in [0, 0.1) is 0 Å². The average molecular weight is 266 g/mol. The van der Waals surface area contributed by atoms with Gasteiger partial charge in [-0.1, -0.05) is 30.3 Å². The fourth-order valence-electron chi connectivity index (χ4n) is 1.99. The zero-order chi connectivity index (χ0) is 13.9. The van der Waals surface area contributed by atoms with Crippen LogP contribution in [0.1, 0.15) is 0 Å². The summed E-state index contributed by atoms with van der Waals surface area (Å²) in [7, 11) is 1.85. The van der Waals surface area contributed by atoms with Crippen molar-refractivity contribution in [3.8, 4) is 22.8 Å². The molecular weight excluding hydrogens is 252 g/mol. The number of nitrogens with two attached hydrogens (primary N) is 1. The van der Waals surface area contributed by atoms with Gasteiger partial charge in [0, 0.05) is 24.9 Å². The molecule has 1 aromatic carbocycles. The maximum atomic E-state index is 5.49. The first kappa shape index (κ1) is 12.3. The molecule has 2 aromatic heterocycles. The molecule has 0 bridgehead atoms. The predicted molar refractivity (Wildman–Crippen MR) is 77.5 cm³/mol. The van der Waals surface area contributed by atoms with Crippen molar-refractivity contribution in [3.63, 3.8) is 0 Å². The van der Waals surface area contributed by atoms with Gasteiger partial charge in [0.2, 0.25) is 0 Å². The summed E-state index contributed by atoms with van der Waals surface area (Å²) < 4.78 is 1.73. The molecule has 0 saturated heterocycles. The third-order valence-electron chi connectivity index (χ3n) is 2.99. The van der Waals surface area contributed by atoms with Gasteiger partial charge in [-0.15, -0.1) is 0 Å². The molecule has 20 heavy (non-hydrogen) atoms. The van der Waals surface area contributed by atoms with Gasteiger partial charge < -0.3 is 5.43 Å². The molecule has 0 radical (unpaired) electrons. The van der Waals surface area contributed by atoms with E-state index in [9.17, 15) is 0 Å². The summed E-state index contributed by atoms with van der Waals surface area (Å²) in [6.07, 6.45) is 1.71. The largest absolute Gasteiger partial charge is 0.308 e. The van der Waals surface area contributed by atoms with E-state index >= 15 is 0 Å². The lowest BCUT2D eigenvalue weighted by molar-refractivity contribution is 0.770. The maximum Gasteiger partial charge on any atom is 0.180 e. The predicted octanol–water partition coefficient (Wildman–Crippen LogP) is 1.83. The highest BCUT2D eigenvalue weighted by Crippen LogP contribution is 2.23. The van der Waals surface area contributed by atoms with Gasteiger partial charge >= 0.3 is 0 Å². The standard InChI is InChI=1S/C14H14N6/c1-20-12(7-8-16-20)14-17-11(9-13(18-14)19-15)10-5-3-2-4-6-10/h2-9H,15H2,1H3,(H,17,18,19). The minimum absolute atomic E-state index is 0.565. The van der Waals surface area contributed by atoms with E-state index in [2.05, 4.69) is 20.5 Å². The van der Waals surface area contributed by atoms with Crippen LogP contribution in [0.25, 0.3) is 22.8 Å². The van der Waals surface area contributed by atoms with Crippen molar-refractivity contribution in [3.05, 3.63) is 48.7 Å². The van der Waals surface area contributed by atoms with Crippen LogP contribution in [0.5, 0.6) is 0 Å². The molecular formula is C14H14N6. The first-order valence-electron chi connectivity index (χ1n) is 6.17. The van der Waals surface area contributed by atoms with E-state index in [1.165, 1.54) is 0 Å². The van der Waals surface area contributed by atoms with E-state index < -0.39 is 0 Å². The summed E-state index contributed by atoms with van der Waals surface area (Å²) in [5.74, 6) is 6.64. The second kappa shape index (κ2) is 5.10. The molecule has 0 spiro atoms. The minimum atomic E-state index is 0.565. The van der Waals surface area contributed by atoms with Crippen LogP contribution >= 0.6 is 0 Å². The SMILES string of the molecule is Cn1nccc1-c1nc(NN)cc(-c2ccccc2)n1. The van der Waals surface area contributed by atoms with Crippen molar-refractivity contribution in [2.24, 2.45) is 12.9 Å². The average Bonchev–Trinajstić information content (AvgIpc) is 2.94. The van der Waals surface area contributed by atoms with Gasteiger partial charge in [-0.3, -0.25) is 4.68 Å². The molecule has 3 aromatic rings. The molecule has 0 aliphatic rings. The number of nitrogens with one attached hydrogen (secondary N) is 1. The van der Waals surface area contributed by atoms with Gasteiger partial charge in [-0.2, -0.15) is 5.10 Å². The summed E-state index contributed by atoms with van der Waals surface area (Å²) in [6, 6.07) is 13.6. The smallest absolute Gasteiger partial charge is 0.180 e. The number of aryl methyl sites for hydroxylation is 1. The zero-order valence-electron chi connectivity index (χ0n) is 11.0. The van der Waals surface area contributed by atoms with Crippen LogP contribution in [0.4, 0.5) is 5.82 Å². The van der Waals surface area contributed by atoms with Crippen LogP contribution in [0.2, 0.25) is 0 Å². The zero-order valence-corrected chi connectivity index (χ0v) is 11.0. The lowest BCUT2D eigenvalue weighted by atomic mass is 10.1. The first-order valence-corrected chi connectivity index (χ1v) is 6.17.